The van der Waals surface area contributed by atoms with Crippen molar-refractivity contribution in [2.45, 2.75) is 18.4 Å². The van der Waals surface area contributed by atoms with Gasteiger partial charge in [0, 0.05) is 5.92 Å². The summed E-state index contributed by atoms with van der Waals surface area (Å²) in [7, 11) is 0. The lowest BCUT2D eigenvalue weighted by molar-refractivity contribution is -0.145. The maximum atomic E-state index is 11.1. The van der Waals surface area contributed by atoms with Crippen LogP contribution in [-0.2, 0) is 9.59 Å². The second kappa shape index (κ2) is 1.82. The highest BCUT2D eigenvalue weighted by Crippen LogP contribution is 2.81. The lowest BCUT2D eigenvalue weighted by Crippen LogP contribution is -2.51. The summed E-state index contributed by atoms with van der Waals surface area (Å²) in [6, 6.07) is 0. The van der Waals surface area contributed by atoms with Crippen LogP contribution >= 0.6 is 0 Å². The Morgan fingerprint density at radius 1 is 1.29 bits per heavy atom. The Morgan fingerprint density at radius 3 is 2.21 bits per heavy atom. The standard InChI is InChI=1S/C9H11NO4/c10-9(7(13)14)3-1-4-5(9)8(4,2-3)6(11)12/h3-5H,1-2,10H2,(H,11,12)(H,13,14)/t3-,4-,5+,8+,9-/m0/s1. The van der Waals surface area contributed by atoms with E-state index < -0.39 is 22.9 Å². The normalized spacial score (nSPS) is 57.4. The zero-order valence-electron chi connectivity index (χ0n) is 7.43. The van der Waals surface area contributed by atoms with E-state index in [0.717, 1.165) is 0 Å². The van der Waals surface area contributed by atoms with Crippen molar-refractivity contribution in [3.05, 3.63) is 0 Å². The van der Waals surface area contributed by atoms with Crippen LogP contribution in [0.1, 0.15) is 12.8 Å². The van der Waals surface area contributed by atoms with Crippen molar-refractivity contribution >= 4 is 11.9 Å². The van der Waals surface area contributed by atoms with Gasteiger partial charge in [0.15, 0.2) is 0 Å². The van der Waals surface area contributed by atoms with Gasteiger partial charge in [-0.1, -0.05) is 0 Å². The Kier molecular flexibility index (Phi) is 1.07. The van der Waals surface area contributed by atoms with Crippen LogP contribution in [0.5, 0.6) is 0 Å². The van der Waals surface area contributed by atoms with Crippen LogP contribution in [0.15, 0.2) is 0 Å². The van der Waals surface area contributed by atoms with E-state index in [4.69, 9.17) is 15.9 Å². The Hall–Kier alpha value is -1.10. The predicted molar refractivity (Wildman–Crippen MR) is 44.3 cm³/mol. The monoisotopic (exact) mass is 197 g/mol. The summed E-state index contributed by atoms with van der Waals surface area (Å²) in [4.78, 5) is 22.1. The van der Waals surface area contributed by atoms with E-state index in [1.807, 2.05) is 0 Å². The number of carbonyl (C=O) groups is 2. The van der Waals surface area contributed by atoms with Gasteiger partial charge >= 0.3 is 11.9 Å². The summed E-state index contributed by atoms with van der Waals surface area (Å²) >= 11 is 0. The van der Waals surface area contributed by atoms with Gasteiger partial charge in [0.25, 0.3) is 0 Å². The van der Waals surface area contributed by atoms with Gasteiger partial charge in [-0.25, -0.2) is 0 Å². The van der Waals surface area contributed by atoms with Crippen LogP contribution < -0.4 is 5.73 Å². The highest BCUT2D eigenvalue weighted by Gasteiger charge is 2.88. The van der Waals surface area contributed by atoms with Crippen LogP contribution in [0, 0.1) is 23.2 Å². The van der Waals surface area contributed by atoms with Crippen LogP contribution in [0.4, 0.5) is 0 Å². The highest BCUT2D eigenvalue weighted by atomic mass is 16.4. The summed E-state index contributed by atoms with van der Waals surface area (Å²) in [5.41, 5.74) is 3.79. The zero-order valence-corrected chi connectivity index (χ0v) is 7.43. The summed E-state index contributed by atoms with van der Waals surface area (Å²) in [6.07, 6.45) is 1.14. The van der Waals surface area contributed by atoms with Gasteiger partial charge in [-0.3, -0.25) is 9.59 Å². The van der Waals surface area contributed by atoms with Crippen molar-refractivity contribution in [2.75, 3.05) is 0 Å². The van der Waals surface area contributed by atoms with Gasteiger partial charge in [-0.2, -0.15) is 0 Å². The number of hydrogen-bond donors (Lipinski definition) is 3. The molecule has 0 spiro atoms. The molecule has 0 heterocycles. The zero-order chi connectivity index (χ0) is 10.3. The molecule has 0 unspecified atom stereocenters. The molecule has 76 valence electrons. The van der Waals surface area contributed by atoms with E-state index in [-0.39, 0.29) is 17.8 Å². The van der Waals surface area contributed by atoms with Gasteiger partial charge in [0.2, 0.25) is 0 Å². The molecule has 0 aliphatic heterocycles. The number of aliphatic carboxylic acids is 2. The average molecular weight is 197 g/mol. The fraction of sp³-hybridized carbons (Fsp3) is 0.778. The number of nitrogens with two attached hydrogens (primary N) is 1. The quantitative estimate of drug-likeness (QED) is 0.554. The van der Waals surface area contributed by atoms with Crippen molar-refractivity contribution in [3.63, 3.8) is 0 Å². The van der Waals surface area contributed by atoms with Crippen LogP contribution in [0.2, 0.25) is 0 Å². The minimum Gasteiger partial charge on any atom is -0.481 e. The van der Waals surface area contributed by atoms with Gasteiger partial charge in [-0.05, 0) is 24.7 Å². The first kappa shape index (κ1) is 8.23. The van der Waals surface area contributed by atoms with Gasteiger partial charge < -0.3 is 15.9 Å². The number of rotatable bonds is 2. The second-order valence-electron chi connectivity index (χ2n) is 4.80. The molecule has 0 amide bonds. The molecular formula is C9H11NO4. The molecule has 4 saturated carbocycles. The first-order valence-electron chi connectivity index (χ1n) is 4.71. The first-order chi connectivity index (χ1) is 6.45. The molecule has 5 heteroatoms. The lowest BCUT2D eigenvalue weighted by Gasteiger charge is -2.22. The number of hydrogen-bond acceptors (Lipinski definition) is 3. The SMILES string of the molecule is N[C@@]1(C(=O)O)[C@H]2C[C@H]3[C@@H]1[C@@]3(C(=O)O)C2. The van der Waals surface area contributed by atoms with E-state index in [0.29, 0.717) is 12.8 Å². The van der Waals surface area contributed by atoms with Crippen molar-refractivity contribution < 1.29 is 19.8 Å². The minimum absolute atomic E-state index is 0.0195. The van der Waals surface area contributed by atoms with Crippen LogP contribution in [-0.4, -0.2) is 27.7 Å². The second-order valence-corrected chi connectivity index (χ2v) is 4.80. The van der Waals surface area contributed by atoms with Crippen molar-refractivity contribution in [3.8, 4) is 0 Å². The van der Waals surface area contributed by atoms with Crippen molar-refractivity contribution in [1.29, 1.82) is 0 Å². The smallest absolute Gasteiger partial charge is 0.324 e. The molecule has 0 aromatic carbocycles. The summed E-state index contributed by atoms with van der Waals surface area (Å²) in [5.74, 6) is -2.33. The maximum Gasteiger partial charge on any atom is 0.324 e. The molecular weight excluding hydrogens is 186 g/mol. The molecule has 4 N–H and O–H groups in total. The molecule has 0 radical (unpaired) electrons. The van der Waals surface area contributed by atoms with E-state index in [2.05, 4.69) is 0 Å². The first-order valence-corrected chi connectivity index (χ1v) is 4.71. The minimum atomic E-state index is -1.26. The maximum absolute atomic E-state index is 11.1. The average Bonchev–Trinajstić information content (AvgIpc) is 2.45. The third-order valence-electron chi connectivity index (χ3n) is 4.59. The topological polar surface area (TPSA) is 101 Å². The molecule has 4 fully saturated rings. The number of carboxylic acids is 2. The molecule has 4 bridgehead atoms. The Balaban J connectivity index is 2.06. The van der Waals surface area contributed by atoms with E-state index in [1.54, 1.807) is 0 Å². The summed E-state index contributed by atoms with van der Waals surface area (Å²) < 4.78 is 0. The van der Waals surface area contributed by atoms with E-state index in [1.165, 1.54) is 0 Å². The van der Waals surface area contributed by atoms with Gasteiger partial charge in [0.05, 0.1) is 5.41 Å². The fourth-order valence-corrected chi connectivity index (χ4v) is 4.00. The Labute approximate surface area is 79.9 Å². The number of carboxylic acid groups (broad SMARTS) is 2. The summed E-state index contributed by atoms with van der Waals surface area (Å²) in [6.45, 7) is 0. The van der Waals surface area contributed by atoms with Crippen LogP contribution in [0.25, 0.3) is 0 Å². The Morgan fingerprint density at radius 2 is 1.93 bits per heavy atom. The third-order valence-corrected chi connectivity index (χ3v) is 4.59. The lowest BCUT2D eigenvalue weighted by atomic mass is 9.90. The highest BCUT2D eigenvalue weighted by molar-refractivity contribution is 5.90. The van der Waals surface area contributed by atoms with Crippen molar-refractivity contribution in [2.24, 2.45) is 28.9 Å². The Bertz CT molecular complexity index is 368. The molecule has 4 aliphatic carbocycles. The molecule has 0 aromatic rings. The van der Waals surface area contributed by atoms with E-state index >= 15 is 0 Å². The molecule has 5 nitrogen and oxygen atoms in total. The molecule has 0 saturated heterocycles. The molecule has 4 rings (SSSR count). The predicted octanol–water partition coefficient (Wildman–Crippen LogP) is -0.491. The molecule has 4 aliphatic rings. The summed E-state index contributed by atoms with van der Waals surface area (Å²) in [5, 5.41) is 18.1. The molecule has 5 atom stereocenters. The fourth-order valence-electron chi connectivity index (χ4n) is 4.00. The largest absolute Gasteiger partial charge is 0.481 e. The third kappa shape index (κ3) is 0.507. The van der Waals surface area contributed by atoms with Crippen molar-refractivity contribution in [1.82, 2.24) is 0 Å². The van der Waals surface area contributed by atoms with Gasteiger partial charge in [-0.15, -0.1) is 0 Å². The van der Waals surface area contributed by atoms with Crippen LogP contribution in [0.3, 0.4) is 0 Å². The molecule has 0 aromatic heterocycles. The van der Waals surface area contributed by atoms with E-state index in [9.17, 15) is 9.59 Å². The van der Waals surface area contributed by atoms with Gasteiger partial charge in [0.1, 0.15) is 5.54 Å². The molecule has 14 heavy (non-hydrogen) atoms.